The predicted molar refractivity (Wildman–Crippen MR) is 101 cm³/mol. The summed E-state index contributed by atoms with van der Waals surface area (Å²) < 4.78 is 1.96. The summed E-state index contributed by atoms with van der Waals surface area (Å²) in [5, 5.41) is 20.9. The van der Waals surface area contributed by atoms with Crippen molar-refractivity contribution in [1.82, 2.24) is 9.47 Å². The summed E-state index contributed by atoms with van der Waals surface area (Å²) in [5.74, 6) is -0.846. The van der Waals surface area contributed by atoms with E-state index >= 15 is 0 Å². The monoisotopic (exact) mass is 350 g/mol. The van der Waals surface area contributed by atoms with Crippen LogP contribution in [0.3, 0.4) is 0 Å². The normalized spacial score (nSPS) is 15.0. The molecular weight excluding hydrogens is 328 g/mol. The van der Waals surface area contributed by atoms with Gasteiger partial charge in [0.15, 0.2) is 0 Å². The van der Waals surface area contributed by atoms with Crippen LogP contribution in [-0.4, -0.2) is 38.7 Å². The maximum Gasteiger partial charge on any atom is 0.338 e. The lowest BCUT2D eigenvalue weighted by Crippen LogP contribution is -2.21. The number of hydrogen-bond acceptors (Lipinski definition) is 3. The molecule has 0 spiro atoms. The van der Waals surface area contributed by atoms with Gasteiger partial charge in [-0.3, -0.25) is 4.90 Å². The summed E-state index contributed by atoms with van der Waals surface area (Å²) in [6.07, 6.45) is 2.32. The van der Waals surface area contributed by atoms with Gasteiger partial charge in [-0.1, -0.05) is 30.3 Å². The summed E-state index contributed by atoms with van der Waals surface area (Å²) in [7, 11) is 1.91. The number of rotatable bonds is 4. The lowest BCUT2D eigenvalue weighted by molar-refractivity contribution is 0.0696. The fourth-order valence-corrected chi connectivity index (χ4v) is 3.95. The fraction of sp³-hybridized carbons (Fsp3) is 0.286. The zero-order valence-electron chi connectivity index (χ0n) is 14.8. The first-order chi connectivity index (χ1) is 12.6. The average Bonchev–Trinajstić information content (AvgIpc) is 3.22. The van der Waals surface area contributed by atoms with Crippen molar-refractivity contribution in [1.29, 1.82) is 0 Å². The molecule has 5 nitrogen and oxygen atoms in total. The Morgan fingerprint density at radius 2 is 1.81 bits per heavy atom. The van der Waals surface area contributed by atoms with Crippen LogP contribution < -0.4 is 0 Å². The number of aryl methyl sites for hydroxylation is 1. The minimum absolute atomic E-state index is 0.101. The Morgan fingerprint density at radius 3 is 2.46 bits per heavy atom. The van der Waals surface area contributed by atoms with Gasteiger partial charge in [-0.25, -0.2) is 4.79 Å². The van der Waals surface area contributed by atoms with E-state index in [1.165, 1.54) is 0 Å². The Hall–Kier alpha value is -2.79. The molecule has 2 aromatic carbocycles. The molecule has 2 heterocycles. The first kappa shape index (κ1) is 16.7. The minimum Gasteiger partial charge on any atom is -0.507 e. The van der Waals surface area contributed by atoms with Crippen molar-refractivity contribution in [3.63, 3.8) is 0 Å². The van der Waals surface area contributed by atoms with E-state index in [0.29, 0.717) is 23.1 Å². The van der Waals surface area contributed by atoms with Gasteiger partial charge < -0.3 is 14.8 Å². The molecule has 26 heavy (non-hydrogen) atoms. The molecule has 0 saturated carbocycles. The van der Waals surface area contributed by atoms with E-state index in [0.717, 1.165) is 42.7 Å². The molecule has 0 unspecified atom stereocenters. The molecule has 1 aliphatic heterocycles. The van der Waals surface area contributed by atoms with Crippen molar-refractivity contribution >= 4 is 16.9 Å². The number of phenolic OH excluding ortho intramolecular Hbond substituents is 1. The molecule has 5 heteroatoms. The Bertz CT molecular complexity index is 970. The number of likely N-dealkylation sites (tertiary alicyclic amines) is 1. The molecule has 3 aromatic rings. The molecule has 2 N–H and O–H groups in total. The highest BCUT2D eigenvalue weighted by atomic mass is 16.4. The number of aromatic nitrogens is 1. The molecule has 1 aliphatic rings. The van der Waals surface area contributed by atoms with Crippen molar-refractivity contribution in [3.05, 3.63) is 53.7 Å². The summed E-state index contributed by atoms with van der Waals surface area (Å²) in [4.78, 5) is 14.3. The van der Waals surface area contributed by atoms with Gasteiger partial charge >= 0.3 is 5.97 Å². The number of carboxylic acids is 1. The van der Waals surface area contributed by atoms with Crippen LogP contribution in [0.5, 0.6) is 5.75 Å². The van der Waals surface area contributed by atoms with E-state index in [9.17, 15) is 15.0 Å². The van der Waals surface area contributed by atoms with Gasteiger partial charge in [-0.15, -0.1) is 0 Å². The van der Waals surface area contributed by atoms with Gasteiger partial charge in [0.25, 0.3) is 0 Å². The Kier molecular flexibility index (Phi) is 4.17. The van der Waals surface area contributed by atoms with Crippen molar-refractivity contribution in [3.8, 4) is 16.9 Å². The van der Waals surface area contributed by atoms with Gasteiger partial charge in [-0.2, -0.15) is 0 Å². The highest BCUT2D eigenvalue weighted by Crippen LogP contribution is 2.37. The van der Waals surface area contributed by atoms with Crippen LogP contribution in [0.15, 0.2) is 42.5 Å². The first-order valence-corrected chi connectivity index (χ1v) is 8.91. The van der Waals surface area contributed by atoms with Crippen LogP contribution in [0.2, 0.25) is 0 Å². The van der Waals surface area contributed by atoms with Crippen LogP contribution in [0.1, 0.15) is 28.9 Å². The third kappa shape index (κ3) is 2.74. The summed E-state index contributed by atoms with van der Waals surface area (Å²) in [5.41, 5.74) is 3.53. The van der Waals surface area contributed by atoms with Crippen molar-refractivity contribution < 1.29 is 15.0 Å². The lowest BCUT2D eigenvalue weighted by atomic mass is 10.0. The quantitative estimate of drug-likeness (QED) is 0.750. The van der Waals surface area contributed by atoms with Crippen LogP contribution in [0.4, 0.5) is 0 Å². The van der Waals surface area contributed by atoms with E-state index in [1.807, 2.05) is 48.0 Å². The average molecular weight is 350 g/mol. The van der Waals surface area contributed by atoms with Crippen LogP contribution in [0, 0.1) is 0 Å². The number of carbonyl (C=O) groups is 1. The van der Waals surface area contributed by atoms with Gasteiger partial charge in [0.1, 0.15) is 5.75 Å². The summed E-state index contributed by atoms with van der Waals surface area (Å²) in [6, 6.07) is 13.1. The van der Waals surface area contributed by atoms with Crippen molar-refractivity contribution in [2.75, 3.05) is 13.1 Å². The number of hydrogen-bond donors (Lipinski definition) is 2. The van der Waals surface area contributed by atoms with Crippen LogP contribution >= 0.6 is 0 Å². The zero-order valence-corrected chi connectivity index (χ0v) is 14.8. The summed E-state index contributed by atoms with van der Waals surface area (Å²) in [6.45, 7) is 2.62. The molecule has 0 radical (unpaired) electrons. The Morgan fingerprint density at radius 1 is 1.12 bits per heavy atom. The largest absolute Gasteiger partial charge is 0.507 e. The number of carboxylic acid groups (broad SMARTS) is 1. The van der Waals surface area contributed by atoms with Crippen LogP contribution in [-0.2, 0) is 13.6 Å². The summed E-state index contributed by atoms with van der Waals surface area (Å²) >= 11 is 0. The molecule has 0 aliphatic carbocycles. The number of fused-ring (bicyclic) bond motifs is 1. The Balaban J connectivity index is 1.90. The highest BCUT2D eigenvalue weighted by Gasteiger charge is 2.24. The number of benzene rings is 2. The molecule has 0 amide bonds. The van der Waals surface area contributed by atoms with E-state index in [1.54, 1.807) is 6.07 Å². The molecule has 0 bridgehead atoms. The smallest absolute Gasteiger partial charge is 0.338 e. The van der Waals surface area contributed by atoms with Crippen LogP contribution in [0.25, 0.3) is 22.0 Å². The first-order valence-electron chi connectivity index (χ1n) is 8.91. The molecule has 0 atom stereocenters. The molecule has 134 valence electrons. The maximum atomic E-state index is 12.0. The van der Waals surface area contributed by atoms with Crippen molar-refractivity contribution in [2.24, 2.45) is 7.05 Å². The second-order valence-electron chi connectivity index (χ2n) is 6.92. The SMILES string of the molecule is Cn1c(CN2CCCC2)c(C(=O)O)c2cc(O)c(-c3ccccc3)cc21. The second kappa shape index (κ2) is 6.50. The Labute approximate surface area is 152 Å². The van der Waals surface area contributed by atoms with E-state index < -0.39 is 5.97 Å². The third-order valence-corrected chi connectivity index (χ3v) is 5.31. The van der Waals surface area contributed by atoms with Crippen molar-refractivity contribution in [2.45, 2.75) is 19.4 Å². The van der Waals surface area contributed by atoms with Gasteiger partial charge in [0.2, 0.25) is 0 Å². The molecule has 1 fully saturated rings. The van der Waals surface area contributed by atoms with E-state index in [2.05, 4.69) is 4.90 Å². The number of phenols is 1. The number of aromatic hydroxyl groups is 1. The van der Waals surface area contributed by atoms with E-state index in [4.69, 9.17) is 0 Å². The lowest BCUT2D eigenvalue weighted by Gasteiger charge is -2.16. The topological polar surface area (TPSA) is 65.7 Å². The third-order valence-electron chi connectivity index (χ3n) is 5.31. The molecular formula is C21H22N2O3. The second-order valence-corrected chi connectivity index (χ2v) is 6.92. The van der Waals surface area contributed by atoms with Gasteiger partial charge in [0.05, 0.1) is 5.56 Å². The zero-order chi connectivity index (χ0) is 18.3. The molecule has 1 saturated heterocycles. The molecule has 4 rings (SSSR count). The maximum absolute atomic E-state index is 12.0. The number of nitrogens with zero attached hydrogens (tertiary/aromatic N) is 2. The standard InChI is InChI=1S/C21H22N2O3/c1-22-17-11-15(14-7-3-2-4-8-14)19(24)12-16(17)20(21(25)26)18(22)13-23-9-5-6-10-23/h2-4,7-8,11-12,24H,5-6,9-10,13H2,1H3,(H,25,26). The van der Waals surface area contributed by atoms with E-state index in [-0.39, 0.29) is 5.75 Å². The fourth-order valence-electron chi connectivity index (χ4n) is 3.95. The highest BCUT2D eigenvalue weighted by molar-refractivity contribution is 6.06. The van der Waals surface area contributed by atoms with Gasteiger partial charge in [-0.05, 0) is 43.6 Å². The number of aromatic carboxylic acids is 1. The minimum atomic E-state index is -0.948. The van der Waals surface area contributed by atoms with Gasteiger partial charge in [0, 0.05) is 35.8 Å². The predicted octanol–water partition coefficient (Wildman–Crippen LogP) is 3.84. The molecule has 1 aromatic heterocycles.